The van der Waals surface area contributed by atoms with Crippen LogP contribution in [0.4, 0.5) is 0 Å². The van der Waals surface area contributed by atoms with Crippen molar-refractivity contribution >= 4 is 18.3 Å². The summed E-state index contributed by atoms with van der Waals surface area (Å²) < 4.78 is 0. The first-order valence-corrected chi connectivity index (χ1v) is 3.32. The molecule has 0 aromatic carbocycles. The highest BCUT2D eigenvalue weighted by Gasteiger charge is 2.04. The van der Waals surface area contributed by atoms with Gasteiger partial charge in [0.2, 0.25) is 5.91 Å². The van der Waals surface area contributed by atoms with Gasteiger partial charge in [0.05, 0.1) is 6.04 Å². The number of carbonyl (C=O) groups excluding carboxylic acids is 1. The van der Waals surface area contributed by atoms with Gasteiger partial charge in [0.1, 0.15) is 0 Å². The predicted molar refractivity (Wildman–Crippen MR) is 45.6 cm³/mol. The minimum absolute atomic E-state index is 0. The van der Waals surface area contributed by atoms with Gasteiger partial charge in [-0.15, -0.1) is 12.4 Å². The number of nitrogens with two attached hydrogens (primary N) is 1. The summed E-state index contributed by atoms with van der Waals surface area (Å²) >= 11 is 0. The van der Waals surface area contributed by atoms with Gasteiger partial charge in [-0.25, -0.2) is 0 Å². The molecule has 0 aromatic heterocycles. The zero-order valence-corrected chi connectivity index (χ0v) is 7.36. The van der Waals surface area contributed by atoms with Gasteiger partial charge in [0, 0.05) is 13.2 Å². The quantitative estimate of drug-likeness (QED) is 0.501. The van der Waals surface area contributed by atoms with Gasteiger partial charge in [0.15, 0.2) is 0 Å². The van der Waals surface area contributed by atoms with Crippen LogP contribution in [0.1, 0.15) is 13.3 Å². The van der Waals surface area contributed by atoms with E-state index in [0.717, 1.165) is 0 Å². The Morgan fingerprint density at radius 3 is 2.64 bits per heavy atom. The van der Waals surface area contributed by atoms with E-state index in [1.165, 1.54) is 0 Å². The van der Waals surface area contributed by atoms with Crippen molar-refractivity contribution in [3.05, 3.63) is 0 Å². The van der Waals surface area contributed by atoms with Gasteiger partial charge in [-0.1, -0.05) is 0 Å². The Bertz CT molecular complexity index is 109. The second-order valence-electron chi connectivity index (χ2n) is 2.16. The van der Waals surface area contributed by atoms with E-state index >= 15 is 0 Å². The number of hydrogen-bond acceptors (Lipinski definition) is 3. The van der Waals surface area contributed by atoms with Crippen LogP contribution in [0.3, 0.4) is 0 Å². The molecule has 1 unspecified atom stereocenters. The molecule has 0 aromatic rings. The second kappa shape index (κ2) is 7.78. The molecule has 68 valence electrons. The number of aliphatic hydroxyl groups excluding tert-OH is 1. The lowest BCUT2D eigenvalue weighted by atomic mass is 10.3. The number of amides is 1. The monoisotopic (exact) mass is 182 g/mol. The summed E-state index contributed by atoms with van der Waals surface area (Å²) in [6, 6.07) is -0.460. The first kappa shape index (κ1) is 13.3. The highest BCUT2D eigenvalue weighted by Crippen LogP contribution is 1.76. The molecule has 0 aliphatic carbocycles. The zero-order valence-electron chi connectivity index (χ0n) is 6.54. The fraction of sp³-hybridized carbons (Fsp3) is 0.833. The molecule has 4 nitrogen and oxygen atoms in total. The SMILES string of the molecule is CC(N)C(=O)NCCCO.Cl. The Kier molecular flexibility index (Phi) is 9.40. The van der Waals surface area contributed by atoms with Gasteiger partial charge < -0.3 is 16.2 Å². The van der Waals surface area contributed by atoms with Crippen LogP contribution in [0.15, 0.2) is 0 Å². The van der Waals surface area contributed by atoms with Gasteiger partial charge in [-0.2, -0.15) is 0 Å². The average molecular weight is 183 g/mol. The molecule has 0 bridgehead atoms. The molecule has 0 spiro atoms. The molecule has 0 rings (SSSR count). The number of nitrogens with one attached hydrogen (secondary N) is 1. The van der Waals surface area contributed by atoms with E-state index in [9.17, 15) is 4.79 Å². The minimum atomic E-state index is -0.460. The van der Waals surface area contributed by atoms with Crippen LogP contribution in [0, 0.1) is 0 Å². The Labute approximate surface area is 72.6 Å². The number of aliphatic hydroxyl groups is 1. The maximum absolute atomic E-state index is 10.7. The summed E-state index contributed by atoms with van der Waals surface area (Å²) in [6.45, 7) is 2.21. The van der Waals surface area contributed by atoms with Gasteiger partial charge >= 0.3 is 0 Å². The van der Waals surface area contributed by atoms with E-state index in [0.29, 0.717) is 13.0 Å². The van der Waals surface area contributed by atoms with Crippen molar-refractivity contribution in [3.63, 3.8) is 0 Å². The Morgan fingerprint density at radius 1 is 1.73 bits per heavy atom. The fourth-order valence-corrected chi connectivity index (χ4v) is 0.452. The average Bonchev–Trinajstić information content (AvgIpc) is 1.88. The van der Waals surface area contributed by atoms with Crippen molar-refractivity contribution in [1.29, 1.82) is 0 Å². The molecule has 4 N–H and O–H groups in total. The number of carbonyl (C=O) groups is 1. The lowest BCUT2D eigenvalue weighted by Crippen LogP contribution is -2.38. The molecule has 5 heteroatoms. The largest absolute Gasteiger partial charge is 0.396 e. The third-order valence-corrected chi connectivity index (χ3v) is 1.05. The maximum atomic E-state index is 10.7. The van der Waals surface area contributed by atoms with Crippen molar-refractivity contribution in [2.45, 2.75) is 19.4 Å². The topological polar surface area (TPSA) is 75.4 Å². The minimum Gasteiger partial charge on any atom is -0.396 e. The fourth-order valence-electron chi connectivity index (χ4n) is 0.452. The molecule has 0 fully saturated rings. The van der Waals surface area contributed by atoms with Crippen LogP contribution in [0.25, 0.3) is 0 Å². The van der Waals surface area contributed by atoms with Crippen LogP contribution >= 0.6 is 12.4 Å². The van der Waals surface area contributed by atoms with Crippen LogP contribution in [-0.4, -0.2) is 30.2 Å². The zero-order chi connectivity index (χ0) is 7.98. The first-order chi connectivity index (χ1) is 4.68. The highest BCUT2D eigenvalue weighted by molar-refractivity contribution is 5.85. The first-order valence-electron chi connectivity index (χ1n) is 3.32. The summed E-state index contributed by atoms with van der Waals surface area (Å²) in [6.07, 6.45) is 0.582. The molecular formula is C6H15ClN2O2. The smallest absolute Gasteiger partial charge is 0.236 e. The third kappa shape index (κ3) is 7.58. The maximum Gasteiger partial charge on any atom is 0.236 e. The van der Waals surface area contributed by atoms with Gasteiger partial charge in [-0.3, -0.25) is 4.79 Å². The molecule has 1 atom stereocenters. The van der Waals surface area contributed by atoms with E-state index in [2.05, 4.69) is 5.32 Å². The van der Waals surface area contributed by atoms with Gasteiger partial charge in [0.25, 0.3) is 0 Å². The van der Waals surface area contributed by atoms with Crippen molar-refractivity contribution in [2.24, 2.45) is 5.73 Å². The van der Waals surface area contributed by atoms with Crippen molar-refractivity contribution in [1.82, 2.24) is 5.32 Å². The van der Waals surface area contributed by atoms with Crippen LogP contribution in [-0.2, 0) is 4.79 Å². The molecule has 0 aliphatic heterocycles. The molecule has 0 heterocycles. The standard InChI is InChI=1S/C6H14N2O2.ClH/c1-5(7)6(10)8-3-2-4-9;/h5,9H,2-4,7H2,1H3,(H,8,10);1H. The normalized spacial score (nSPS) is 11.5. The summed E-state index contributed by atoms with van der Waals surface area (Å²) in [5.74, 6) is -0.173. The van der Waals surface area contributed by atoms with Crippen LogP contribution < -0.4 is 11.1 Å². The molecule has 0 aliphatic rings. The van der Waals surface area contributed by atoms with E-state index in [4.69, 9.17) is 10.8 Å². The molecule has 0 saturated heterocycles. The summed E-state index contributed by atoms with van der Waals surface area (Å²) in [7, 11) is 0. The lowest BCUT2D eigenvalue weighted by molar-refractivity contribution is -0.121. The van der Waals surface area contributed by atoms with E-state index in [1.807, 2.05) is 0 Å². The third-order valence-electron chi connectivity index (χ3n) is 1.05. The number of halogens is 1. The van der Waals surface area contributed by atoms with Crippen molar-refractivity contribution < 1.29 is 9.90 Å². The van der Waals surface area contributed by atoms with Gasteiger partial charge in [-0.05, 0) is 13.3 Å². The molecule has 1 amide bonds. The highest BCUT2D eigenvalue weighted by atomic mass is 35.5. The van der Waals surface area contributed by atoms with Crippen LogP contribution in [0.5, 0.6) is 0 Å². The van der Waals surface area contributed by atoms with E-state index in [1.54, 1.807) is 6.92 Å². The molecule has 11 heavy (non-hydrogen) atoms. The number of hydrogen-bond donors (Lipinski definition) is 3. The van der Waals surface area contributed by atoms with Crippen LogP contribution in [0.2, 0.25) is 0 Å². The van der Waals surface area contributed by atoms with Crippen molar-refractivity contribution in [2.75, 3.05) is 13.2 Å². The molecule has 0 saturated carbocycles. The summed E-state index contributed by atoms with van der Waals surface area (Å²) in [5.41, 5.74) is 5.24. The van der Waals surface area contributed by atoms with E-state index < -0.39 is 6.04 Å². The molecule has 0 radical (unpaired) electrons. The molecular weight excluding hydrogens is 168 g/mol. The Balaban J connectivity index is 0. The summed E-state index contributed by atoms with van der Waals surface area (Å²) in [5, 5.41) is 10.9. The lowest BCUT2D eigenvalue weighted by Gasteiger charge is -2.05. The summed E-state index contributed by atoms with van der Waals surface area (Å²) in [4.78, 5) is 10.7. The second-order valence-corrected chi connectivity index (χ2v) is 2.16. The van der Waals surface area contributed by atoms with E-state index in [-0.39, 0.29) is 24.9 Å². The van der Waals surface area contributed by atoms with Crippen molar-refractivity contribution in [3.8, 4) is 0 Å². The predicted octanol–water partition coefficient (Wildman–Crippen LogP) is -0.746. The Hall–Kier alpha value is -0.320. The Morgan fingerprint density at radius 2 is 2.27 bits per heavy atom. The number of rotatable bonds is 4.